The number of likely N-dealkylation sites (tertiary alicyclic amines) is 1. The molecule has 0 saturated carbocycles. The molecule has 1 saturated heterocycles. The molecule has 0 aromatic carbocycles. The molecule has 1 amide bonds. The molecule has 0 bridgehead atoms. The minimum Gasteiger partial charge on any atom is -0.487 e. The smallest absolute Gasteiger partial charge is 0.239 e. The third-order valence-corrected chi connectivity index (χ3v) is 3.40. The van der Waals surface area contributed by atoms with E-state index in [0.29, 0.717) is 13.1 Å². The van der Waals surface area contributed by atoms with Gasteiger partial charge in [-0.25, -0.2) is 0 Å². The van der Waals surface area contributed by atoms with E-state index in [4.69, 9.17) is 10.5 Å². The van der Waals surface area contributed by atoms with Crippen LogP contribution in [0, 0.1) is 5.92 Å². The van der Waals surface area contributed by atoms with Crippen molar-refractivity contribution in [2.75, 3.05) is 13.1 Å². The predicted molar refractivity (Wildman–Crippen MR) is 72.7 cm³/mol. The Morgan fingerprint density at radius 1 is 1.58 bits per heavy atom. The molecule has 1 aliphatic heterocycles. The van der Waals surface area contributed by atoms with Crippen LogP contribution in [-0.4, -0.2) is 41.0 Å². The summed E-state index contributed by atoms with van der Waals surface area (Å²) in [5.74, 6) is 0.924. The number of carbonyl (C=O) groups is 1. The second kappa shape index (κ2) is 6.02. The fraction of sp³-hybridized carbons (Fsp3) is 0.571. The van der Waals surface area contributed by atoms with Gasteiger partial charge in [-0.15, -0.1) is 0 Å². The van der Waals surface area contributed by atoms with E-state index in [0.717, 1.165) is 12.2 Å². The van der Waals surface area contributed by atoms with Gasteiger partial charge in [0, 0.05) is 19.2 Å². The van der Waals surface area contributed by atoms with Gasteiger partial charge in [0.1, 0.15) is 11.9 Å². The standard InChI is InChI=1S/C14H21N3O2/c1-10(2)13(15)14(18)17-7-5-12(9-17)19-11-4-3-6-16-8-11/h3-4,6,8,10,12-13H,5,7,9,15H2,1-2H3/t12-,13+/m1/s1. The highest BCUT2D eigenvalue weighted by molar-refractivity contribution is 5.82. The largest absolute Gasteiger partial charge is 0.487 e. The Kier molecular flexibility index (Phi) is 4.37. The van der Waals surface area contributed by atoms with Gasteiger partial charge in [0.25, 0.3) is 0 Å². The molecule has 104 valence electrons. The summed E-state index contributed by atoms with van der Waals surface area (Å²) in [5, 5.41) is 0. The van der Waals surface area contributed by atoms with Gasteiger partial charge in [-0.1, -0.05) is 13.8 Å². The van der Waals surface area contributed by atoms with Gasteiger partial charge >= 0.3 is 0 Å². The molecule has 0 unspecified atom stereocenters. The summed E-state index contributed by atoms with van der Waals surface area (Å²) < 4.78 is 5.80. The number of pyridine rings is 1. The molecule has 0 radical (unpaired) electrons. The molecule has 1 aromatic heterocycles. The molecule has 1 aliphatic rings. The van der Waals surface area contributed by atoms with E-state index < -0.39 is 6.04 Å². The van der Waals surface area contributed by atoms with Crippen molar-refractivity contribution in [3.8, 4) is 5.75 Å². The van der Waals surface area contributed by atoms with Crippen LogP contribution in [0.25, 0.3) is 0 Å². The Morgan fingerprint density at radius 3 is 3.00 bits per heavy atom. The molecule has 0 spiro atoms. The molecule has 2 heterocycles. The SMILES string of the molecule is CC(C)[C@H](N)C(=O)N1CC[C@@H](Oc2cccnc2)C1. The Balaban J connectivity index is 1.88. The van der Waals surface area contributed by atoms with Crippen LogP contribution in [-0.2, 0) is 4.79 Å². The van der Waals surface area contributed by atoms with E-state index >= 15 is 0 Å². The van der Waals surface area contributed by atoms with Gasteiger partial charge in [-0.05, 0) is 18.1 Å². The number of nitrogens with zero attached hydrogens (tertiary/aromatic N) is 2. The fourth-order valence-corrected chi connectivity index (χ4v) is 2.13. The third kappa shape index (κ3) is 3.44. The van der Waals surface area contributed by atoms with E-state index in [-0.39, 0.29) is 17.9 Å². The number of carbonyl (C=O) groups excluding carboxylic acids is 1. The summed E-state index contributed by atoms with van der Waals surface area (Å²) in [5.41, 5.74) is 5.90. The number of amides is 1. The van der Waals surface area contributed by atoms with E-state index in [1.807, 2.05) is 26.0 Å². The molecular weight excluding hydrogens is 242 g/mol. The van der Waals surface area contributed by atoms with Crippen LogP contribution < -0.4 is 10.5 Å². The lowest BCUT2D eigenvalue weighted by Crippen LogP contribution is -2.46. The molecule has 2 rings (SSSR count). The first-order chi connectivity index (χ1) is 9.08. The number of nitrogens with two attached hydrogens (primary N) is 1. The van der Waals surface area contributed by atoms with E-state index in [9.17, 15) is 4.79 Å². The summed E-state index contributed by atoms with van der Waals surface area (Å²) in [4.78, 5) is 17.9. The molecule has 1 aromatic rings. The van der Waals surface area contributed by atoms with Crippen molar-refractivity contribution in [2.24, 2.45) is 11.7 Å². The number of hydrogen-bond acceptors (Lipinski definition) is 4. The Labute approximate surface area is 113 Å². The average Bonchev–Trinajstić information content (AvgIpc) is 2.86. The highest BCUT2D eigenvalue weighted by Gasteiger charge is 2.31. The summed E-state index contributed by atoms with van der Waals surface area (Å²) in [6.45, 7) is 5.24. The topological polar surface area (TPSA) is 68.5 Å². The van der Waals surface area contributed by atoms with Gasteiger partial charge in [0.05, 0.1) is 18.8 Å². The van der Waals surface area contributed by atoms with Crippen molar-refractivity contribution in [3.63, 3.8) is 0 Å². The zero-order chi connectivity index (χ0) is 13.8. The van der Waals surface area contributed by atoms with Crippen molar-refractivity contribution >= 4 is 5.91 Å². The van der Waals surface area contributed by atoms with Crippen LogP contribution in [0.3, 0.4) is 0 Å². The van der Waals surface area contributed by atoms with Crippen LogP contribution in [0.2, 0.25) is 0 Å². The zero-order valence-electron chi connectivity index (χ0n) is 11.5. The Bertz CT molecular complexity index is 422. The molecule has 2 N–H and O–H groups in total. The lowest BCUT2D eigenvalue weighted by Gasteiger charge is -2.23. The molecule has 5 heteroatoms. The maximum Gasteiger partial charge on any atom is 0.239 e. The van der Waals surface area contributed by atoms with Crippen LogP contribution in [0.15, 0.2) is 24.5 Å². The van der Waals surface area contributed by atoms with Crippen molar-refractivity contribution in [1.29, 1.82) is 0 Å². The Hall–Kier alpha value is -1.62. The van der Waals surface area contributed by atoms with Gasteiger partial charge in [-0.3, -0.25) is 9.78 Å². The van der Waals surface area contributed by atoms with Gasteiger partial charge in [0.15, 0.2) is 0 Å². The normalized spacial score (nSPS) is 20.6. The quantitative estimate of drug-likeness (QED) is 0.881. The van der Waals surface area contributed by atoms with Crippen molar-refractivity contribution in [1.82, 2.24) is 9.88 Å². The van der Waals surface area contributed by atoms with Crippen LogP contribution in [0.5, 0.6) is 5.75 Å². The molecule has 1 fully saturated rings. The number of aromatic nitrogens is 1. The monoisotopic (exact) mass is 263 g/mol. The van der Waals surface area contributed by atoms with Gasteiger partial charge in [-0.2, -0.15) is 0 Å². The number of ether oxygens (including phenoxy) is 1. The predicted octanol–water partition coefficient (Wildman–Crippen LogP) is 1.04. The molecule has 5 nitrogen and oxygen atoms in total. The van der Waals surface area contributed by atoms with E-state index in [2.05, 4.69) is 4.98 Å². The molecule has 19 heavy (non-hydrogen) atoms. The lowest BCUT2D eigenvalue weighted by atomic mass is 10.0. The van der Waals surface area contributed by atoms with Crippen LogP contribution >= 0.6 is 0 Å². The Morgan fingerprint density at radius 2 is 2.37 bits per heavy atom. The highest BCUT2D eigenvalue weighted by Crippen LogP contribution is 2.18. The highest BCUT2D eigenvalue weighted by atomic mass is 16.5. The first-order valence-electron chi connectivity index (χ1n) is 6.69. The summed E-state index contributed by atoms with van der Waals surface area (Å²) in [7, 11) is 0. The minimum atomic E-state index is -0.419. The molecule has 0 aliphatic carbocycles. The summed E-state index contributed by atoms with van der Waals surface area (Å²) >= 11 is 0. The minimum absolute atomic E-state index is 0.0206. The average molecular weight is 263 g/mol. The van der Waals surface area contributed by atoms with Crippen molar-refractivity contribution < 1.29 is 9.53 Å². The first kappa shape index (κ1) is 13.8. The maximum absolute atomic E-state index is 12.1. The molecule has 2 atom stereocenters. The summed E-state index contributed by atoms with van der Waals surface area (Å²) in [6.07, 6.45) is 4.27. The molecular formula is C14H21N3O2. The number of hydrogen-bond donors (Lipinski definition) is 1. The van der Waals surface area contributed by atoms with Crippen LogP contribution in [0.1, 0.15) is 20.3 Å². The van der Waals surface area contributed by atoms with Crippen molar-refractivity contribution in [3.05, 3.63) is 24.5 Å². The lowest BCUT2D eigenvalue weighted by molar-refractivity contribution is -0.132. The van der Waals surface area contributed by atoms with Gasteiger partial charge < -0.3 is 15.4 Å². The fourth-order valence-electron chi connectivity index (χ4n) is 2.13. The van der Waals surface area contributed by atoms with Crippen molar-refractivity contribution in [2.45, 2.75) is 32.4 Å². The summed E-state index contributed by atoms with van der Waals surface area (Å²) in [6, 6.07) is 3.29. The second-order valence-electron chi connectivity index (χ2n) is 5.27. The third-order valence-electron chi connectivity index (χ3n) is 3.40. The first-order valence-corrected chi connectivity index (χ1v) is 6.69. The maximum atomic E-state index is 12.1. The van der Waals surface area contributed by atoms with E-state index in [1.165, 1.54) is 0 Å². The van der Waals surface area contributed by atoms with Gasteiger partial charge in [0.2, 0.25) is 5.91 Å². The second-order valence-corrected chi connectivity index (χ2v) is 5.27. The zero-order valence-corrected chi connectivity index (χ0v) is 11.5. The number of rotatable bonds is 4. The van der Waals surface area contributed by atoms with Crippen LogP contribution in [0.4, 0.5) is 0 Å². The van der Waals surface area contributed by atoms with E-state index in [1.54, 1.807) is 17.3 Å².